The minimum atomic E-state index is -0.109. The highest BCUT2D eigenvalue weighted by Gasteiger charge is 2.27. The van der Waals surface area contributed by atoms with Crippen LogP contribution in [0.25, 0.3) is 0 Å². The van der Waals surface area contributed by atoms with E-state index in [2.05, 4.69) is 22.7 Å². The van der Waals surface area contributed by atoms with Gasteiger partial charge in [0.2, 0.25) is 0 Å². The number of amides is 1. The van der Waals surface area contributed by atoms with Gasteiger partial charge in [0, 0.05) is 17.9 Å². The topological polar surface area (TPSA) is 80.0 Å². The fraction of sp³-hybridized carbons (Fsp3) is 0.500. The second-order valence-corrected chi connectivity index (χ2v) is 4.76. The summed E-state index contributed by atoms with van der Waals surface area (Å²) in [5.74, 6) is 6.00. The molecule has 1 amide bonds. The van der Waals surface area contributed by atoms with Crippen LogP contribution in [0.2, 0.25) is 0 Å². The zero-order valence-electron chi connectivity index (χ0n) is 10.2. The first-order valence-electron chi connectivity index (χ1n) is 5.84. The lowest BCUT2D eigenvalue weighted by molar-refractivity contribution is 0.0896. The van der Waals surface area contributed by atoms with Crippen LogP contribution in [0.4, 0.5) is 5.69 Å². The van der Waals surface area contributed by atoms with Gasteiger partial charge in [-0.05, 0) is 31.7 Å². The van der Waals surface area contributed by atoms with Gasteiger partial charge < -0.3 is 10.7 Å². The number of hydrazine groups is 1. The Morgan fingerprint density at radius 2 is 2.24 bits per heavy atom. The lowest BCUT2D eigenvalue weighted by Gasteiger charge is -2.33. The van der Waals surface area contributed by atoms with Crippen molar-refractivity contribution in [3.8, 4) is 0 Å². The van der Waals surface area contributed by atoms with Crippen LogP contribution in [0.3, 0.4) is 0 Å². The summed E-state index contributed by atoms with van der Waals surface area (Å²) in [6, 6.07) is 2.06. The second-order valence-electron chi connectivity index (χ2n) is 4.76. The monoisotopic (exact) mass is 234 g/mol. The fourth-order valence-corrected chi connectivity index (χ4v) is 2.14. The first kappa shape index (κ1) is 11.9. The molecule has 17 heavy (non-hydrogen) atoms. The van der Waals surface area contributed by atoms with Crippen molar-refractivity contribution < 1.29 is 4.79 Å². The van der Waals surface area contributed by atoms with E-state index in [0.717, 1.165) is 18.5 Å². The van der Waals surface area contributed by atoms with Crippen LogP contribution < -0.4 is 16.6 Å². The van der Waals surface area contributed by atoms with Gasteiger partial charge in [0.25, 0.3) is 5.91 Å². The maximum absolute atomic E-state index is 12.0. The van der Waals surface area contributed by atoms with E-state index in [1.165, 1.54) is 0 Å². The van der Waals surface area contributed by atoms with Crippen molar-refractivity contribution in [2.75, 3.05) is 5.43 Å². The van der Waals surface area contributed by atoms with Gasteiger partial charge in [0.15, 0.2) is 0 Å². The van der Waals surface area contributed by atoms with Gasteiger partial charge in [-0.3, -0.25) is 15.6 Å². The molecule has 1 fully saturated rings. The summed E-state index contributed by atoms with van der Waals surface area (Å²) in [5.41, 5.74) is 4.47. The summed E-state index contributed by atoms with van der Waals surface area (Å²) in [6.45, 7) is 4.04. The van der Waals surface area contributed by atoms with Crippen LogP contribution in [-0.4, -0.2) is 16.9 Å². The predicted octanol–water partition coefficient (Wildman–Crippen LogP) is 1.20. The normalized spacial score (nSPS) is 22.8. The molecule has 5 heteroatoms. The van der Waals surface area contributed by atoms with Crippen LogP contribution in [0, 0.1) is 12.8 Å². The Morgan fingerprint density at radius 3 is 2.82 bits per heavy atom. The van der Waals surface area contributed by atoms with Crippen molar-refractivity contribution in [3.05, 3.63) is 23.5 Å². The maximum Gasteiger partial charge on any atom is 0.255 e. The number of carbonyl (C=O) groups is 1. The second kappa shape index (κ2) is 4.71. The van der Waals surface area contributed by atoms with Crippen molar-refractivity contribution in [1.82, 2.24) is 10.3 Å². The Hall–Kier alpha value is -1.62. The van der Waals surface area contributed by atoms with Crippen LogP contribution in [0.5, 0.6) is 0 Å². The molecule has 0 aliphatic heterocycles. The number of nitrogens with one attached hydrogen (secondary N) is 2. The Kier molecular flexibility index (Phi) is 3.28. The molecule has 0 spiro atoms. The number of aromatic nitrogens is 1. The third-order valence-corrected chi connectivity index (χ3v) is 3.15. The Bertz CT molecular complexity index is 427. The molecule has 0 saturated heterocycles. The summed E-state index contributed by atoms with van der Waals surface area (Å²) in [5, 5.41) is 2.98. The highest BCUT2D eigenvalue weighted by molar-refractivity contribution is 5.99. The number of pyridine rings is 1. The van der Waals surface area contributed by atoms with E-state index in [0.29, 0.717) is 23.2 Å². The van der Waals surface area contributed by atoms with E-state index in [9.17, 15) is 4.79 Å². The number of nitrogens with two attached hydrogens (primary N) is 1. The number of hydrogen-bond donors (Lipinski definition) is 3. The Morgan fingerprint density at radius 1 is 1.53 bits per heavy atom. The van der Waals surface area contributed by atoms with Crippen molar-refractivity contribution in [2.24, 2.45) is 11.8 Å². The van der Waals surface area contributed by atoms with Crippen molar-refractivity contribution in [1.29, 1.82) is 0 Å². The largest absolute Gasteiger partial charge is 0.349 e. The molecule has 5 nitrogen and oxygen atoms in total. The minimum Gasteiger partial charge on any atom is -0.349 e. The number of hydrogen-bond acceptors (Lipinski definition) is 4. The Balaban J connectivity index is 2.08. The zero-order chi connectivity index (χ0) is 12.4. The quantitative estimate of drug-likeness (QED) is 0.542. The molecule has 1 aromatic rings. The standard InChI is InChI=1S/C12H18N4O/c1-7-3-9(4-7)15-12(17)10-6-14-8(2)5-11(10)16-13/h5-7,9H,3-4,13H2,1-2H3,(H,14,16)(H,15,17). The van der Waals surface area contributed by atoms with Gasteiger partial charge in [-0.25, -0.2) is 0 Å². The van der Waals surface area contributed by atoms with Gasteiger partial charge in [-0.2, -0.15) is 0 Å². The summed E-state index contributed by atoms with van der Waals surface area (Å²) in [6.07, 6.45) is 3.66. The van der Waals surface area contributed by atoms with Crippen LogP contribution >= 0.6 is 0 Å². The summed E-state index contributed by atoms with van der Waals surface area (Å²) in [4.78, 5) is 16.1. The number of rotatable bonds is 3. The lowest BCUT2D eigenvalue weighted by Crippen LogP contribution is -2.43. The highest BCUT2D eigenvalue weighted by atomic mass is 16.1. The molecular weight excluding hydrogens is 216 g/mol. The predicted molar refractivity (Wildman–Crippen MR) is 66.4 cm³/mol. The zero-order valence-corrected chi connectivity index (χ0v) is 10.2. The smallest absolute Gasteiger partial charge is 0.255 e. The van der Waals surface area contributed by atoms with Gasteiger partial charge in [-0.1, -0.05) is 6.92 Å². The number of aryl methyl sites for hydroxylation is 1. The van der Waals surface area contributed by atoms with Crippen molar-refractivity contribution in [2.45, 2.75) is 32.7 Å². The van der Waals surface area contributed by atoms with E-state index in [1.54, 1.807) is 12.3 Å². The van der Waals surface area contributed by atoms with Crippen LogP contribution in [-0.2, 0) is 0 Å². The van der Waals surface area contributed by atoms with Gasteiger partial charge in [0.05, 0.1) is 11.3 Å². The molecule has 0 bridgehead atoms. The highest BCUT2D eigenvalue weighted by Crippen LogP contribution is 2.27. The number of nitrogens with zero attached hydrogens (tertiary/aromatic N) is 1. The SMILES string of the molecule is Cc1cc(NN)c(C(=O)NC2CC(C)C2)cn1. The van der Waals surface area contributed by atoms with Crippen LogP contribution in [0.15, 0.2) is 12.3 Å². The molecule has 0 atom stereocenters. The third kappa shape index (κ3) is 2.55. The molecular formula is C12H18N4O. The number of anilines is 1. The first-order chi connectivity index (χ1) is 8.10. The van der Waals surface area contributed by atoms with Crippen molar-refractivity contribution in [3.63, 3.8) is 0 Å². The average Bonchev–Trinajstić information content (AvgIpc) is 2.26. The fourth-order valence-electron chi connectivity index (χ4n) is 2.14. The molecule has 1 aromatic heterocycles. The third-order valence-electron chi connectivity index (χ3n) is 3.15. The van der Waals surface area contributed by atoms with E-state index < -0.39 is 0 Å². The van der Waals surface area contributed by atoms with Crippen molar-refractivity contribution >= 4 is 11.6 Å². The number of carbonyl (C=O) groups excluding carboxylic acids is 1. The van der Waals surface area contributed by atoms with Crippen LogP contribution in [0.1, 0.15) is 35.8 Å². The number of nitrogen functional groups attached to an aromatic ring is 1. The summed E-state index contributed by atoms with van der Waals surface area (Å²) < 4.78 is 0. The molecule has 0 aromatic carbocycles. The van der Waals surface area contributed by atoms with Gasteiger partial charge in [0.1, 0.15) is 0 Å². The van der Waals surface area contributed by atoms with E-state index >= 15 is 0 Å². The molecule has 92 valence electrons. The molecule has 0 unspecified atom stereocenters. The molecule has 1 heterocycles. The van der Waals surface area contributed by atoms with E-state index in [1.807, 2.05) is 6.92 Å². The molecule has 1 aliphatic carbocycles. The van der Waals surface area contributed by atoms with E-state index in [-0.39, 0.29) is 5.91 Å². The molecule has 4 N–H and O–H groups in total. The van der Waals surface area contributed by atoms with Gasteiger partial charge in [-0.15, -0.1) is 0 Å². The lowest BCUT2D eigenvalue weighted by atomic mass is 9.82. The summed E-state index contributed by atoms with van der Waals surface area (Å²) in [7, 11) is 0. The summed E-state index contributed by atoms with van der Waals surface area (Å²) >= 11 is 0. The van der Waals surface area contributed by atoms with E-state index in [4.69, 9.17) is 5.84 Å². The van der Waals surface area contributed by atoms with Gasteiger partial charge >= 0.3 is 0 Å². The molecule has 2 rings (SSSR count). The Labute approximate surface area is 101 Å². The first-order valence-corrected chi connectivity index (χ1v) is 5.84. The molecule has 0 radical (unpaired) electrons. The maximum atomic E-state index is 12.0. The molecule has 1 aliphatic rings. The molecule has 1 saturated carbocycles. The average molecular weight is 234 g/mol. The minimum absolute atomic E-state index is 0.109.